The van der Waals surface area contributed by atoms with Gasteiger partial charge in [-0.2, -0.15) is 0 Å². The molecular weight excluding hydrogens is 222 g/mol. The van der Waals surface area contributed by atoms with Crippen LogP contribution in [0.1, 0.15) is 32.1 Å². The summed E-state index contributed by atoms with van der Waals surface area (Å²) in [5.74, 6) is -0.0221. The molecule has 1 fully saturated rings. The van der Waals surface area contributed by atoms with Crippen LogP contribution in [0.15, 0.2) is 0 Å². The van der Waals surface area contributed by atoms with Crippen molar-refractivity contribution in [3.63, 3.8) is 0 Å². The minimum absolute atomic E-state index is 0.0726. The third kappa shape index (κ3) is 5.68. The minimum Gasteiger partial charge on any atom is -0.466 e. The topological polar surface area (TPSA) is 64.6 Å². The average Bonchev–Trinajstić information content (AvgIpc) is 2.22. The summed E-state index contributed by atoms with van der Waals surface area (Å²) in [5.41, 5.74) is 0. The Morgan fingerprint density at radius 2 is 2.06 bits per heavy atom. The molecule has 5 nitrogen and oxygen atoms in total. The first-order valence-corrected chi connectivity index (χ1v) is 6.16. The zero-order valence-electron chi connectivity index (χ0n) is 10.4. The lowest BCUT2D eigenvalue weighted by Crippen LogP contribution is -2.35. The van der Waals surface area contributed by atoms with Gasteiger partial charge in [-0.25, -0.2) is 0 Å². The zero-order chi connectivity index (χ0) is 12.5. The van der Waals surface area contributed by atoms with E-state index in [0.29, 0.717) is 26.2 Å². The minimum atomic E-state index is -0.269. The summed E-state index contributed by atoms with van der Waals surface area (Å²) in [5, 5.41) is 2.75. The molecule has 98 valence electrons. The van der Waals surface area contributed by atoms with Crippen molar-refractivity contribution in [3.8, 4) is 0 Å². The van der Waals surface area contributed by atoms with Crippen molar-refractivity contribution in [1.82, 2.24) is 5.32 Å². The summed E-state index contributed by atoms with van der Waals surface area (Å²) < 4.78 is 9.79. The lowest BCUT2D eigenvalue weighted by molar-refractivity contribution is -0.143. The highest BCUT2D eigenvalue weighted by molar-refractivity contribution is 5.80. The van der Waals surface area contributed by atoms with Crippen LogP contribution in [0.4, 0.5) is 0 Å². The highest BCUT2D eigenvalue weighted by Gasteiger charge is 2.24. The zero-order valence-corrected chi connectivity index (χ0v) is 10.4. The number of methoxy groups -OCH3 is 1. The van der Waals surface area contributed by atoms with Crippen LogP contribution in [0, 0.1) is 5.92 Å². The van der Waals surface area contributed by atoms with Crippen LogP contribution >= 0.6 is 0 Å². The fourth-order valence-electron chi connectivity index (χ4n) is 1.56. The molecule has 0 saturated heterocycles. The van der Waals surface area contributed by atoms with Crippen LogP contribution in [-0.4, -0.2) is 38.7 Å². The molecule has 1 N–H and O–H groups in total. The highest BCUT2D eigenvalue weighted by Crippen LogP contribution is 2.25. The van der Waals surface area contributed by atoms with E-state index in [4.69, 9.17) is 9.47 Å². The van der Waals surface area contributed by atoms with E-state index >= 15 is 0 Å². The summed E-state index contributed by atoms with van der Waals surface area (Å²) in [4.78, 5) is 22.7. The number of ether oxygens (including phenoxy) is 2. The van der Waals surface area contributed by atoms with E-state index in [2.05, 4.69) is 5.32 Å². The van der Waals surface area contributed by atoms with Gasteiger partial charge in [0.2, 0.25) is 5.91 Å². The first kappa shape index (κ1) is 14.0. The maximum Gasteiger partial charge on any atom is 0.307 e. The third-order valence-electron chi connectivity index (χ3n) is 2.86. The van der Waals surface area contributed by atoms with Gasteiger partial charge in [-0.15, -0.1) is 0 Å². The van der Waals surface area contributed by atoms with Crippen LogP contribution < -0.4 is 5.32 Å². The molecule has 5 heteroatoms. The van der Waals surface area contributed by atoms with E-state index < -0.39 is 0 Å². The van der Waals surface area contributed by atoms with Crippen LogP contribution in [0.5, 0.6) is 0 Å². The van der Waals surface area contributed by atoms with Crippen molar-refractivity contribution in [3.05, 3.63) is 0 Å². The Balaban J connectivity index is 1.94. The first-order valence-electron chi connectivity index (χ1n) is 6.16. The van der Waals surface area contributed by atoms with Crippen molar-refractivity contribution in [2.24, 2.45) is 5.92 Å². The number of hydrogen-bond donors (Lipinski definition) is 1. The van der Waals surface area contributed by atoms with Crippen LogP contribution in [0.3, 0.4) is 0 Å². The SMILES string of the molecule is COCCCOC(=O)CCNC(=O)C1CCC1. The summed E-state index contributed by atoms with van der Waals surface area (Å²) in [6.45, 7) is 1.34. The molecule has 0 radical (unpaired) electrons. The molecule has 1 aliphatic rings. The molecule has 1 amide bonds. The van der Waals surface area contributed by atoms with E-state index in [-0.39, 0.29) is 24.2 Å². The second-order valence-corrected chi connectivity index (χ2v) is 4.24. The molecule has 0 unspecified atom stereocenters. The van der Waals surface area contributed by atoms with Gasteiger partial charge in [0, 0.05) is 32.6 Å². The second-order valence-electron chi connectivity index (χ2n) is 4.24. The molecule has 1 saturated carbocycles. The van der Waals surface area contributed by atoms with E-state index in [1.165, 1.54) is 0 Å². The molecule has 0 aromatic heterocycles. The van der Waals surface area contributed by atoms with Crippen molar-refractivity contribution < 1.29 is 19.1 Å². The van der Waals surface area contributed by atoms with Gasteiger partial charge in [-0.3, -0.25) is 9.59 Å². The van der Waals surface area contributed by atoms with Gasteiger partial charge in [0.05, 0.1) is 13.0 Å². The summed E-state index contributed by atoms with van der Waals surface area (Å²) >= 11 is 0. The molecule has 1 aliphatic carbocycles. The van der Waals surface area contributed by atoms with Crippen molar-refractivity contribution in [1.29, 1.82) is 0 Å². The summed E-state index contributed by atoms with van der Waals surface area (Å²) in [6, 6.07) is 0. The molecule has 0 aliphatic heterocycles. The maximum atomic E-state index is 11.4. The van der Waals surface area contributed by atoms with Crippen LogP contribution in [0.25, 0.3) is 0 Å². The van der Waals surface area contributed by atoms with Crippen molar-refractivity contribution in [2.45, 2.75) is 32.1 Å². The summed E-state index contributed by atoms with van der Waals surface area (Å²) in [7, 11) is 1.61. The predicted octanol–water partition coefficient (Wildman–Crippen LogP) is 0.872. The number of rotatable bonds is 8. The number of nitrogens with one attached hydrogen (secondary N) is 1. The van der Waals surface area contributed by atoms with Crippen molar-refractivity contribution in [2.75, 3.05) is 26.9 Å². The maximum absolute atomic E-state index is 11.4. The highest BCUT2D eigenvalue weighted by atomic mass is 16.5. The number of esters is 1. The van der Waals surface area contributed by atoms with Gasteiger partial charge < -0.3 is 14.8 Å². The number of hydrogen-bond acceptors (Lipinski definition) is 4. The Kier molecular flexibility index (Phi) is 6.62. The third-order valence-corrected chi connectivity index (χ3v) is 2.86. The largest absolute Gasteiger partial charge is 0.466 e. The van der Waals surface area contributed by atoms with Gasteiger partial charge in [0.15, 0.2) is 0 Å². The smallest absolute Gasteiger partial charge is 0.307 e. The van der Waals surface area contributed by atoms with Gasteiger partial charge in [0.25, 0.3) is 0 Å². The second kappa shape index (κ2) is 8.06. The van der Waals surface area contributed by atoms with E-state index in [0.717, 1.165) is 19.3 Å². The number of carbonyl (C=O) groups is 2. The van der Waals surface area contributed by atoms with E-state index in [1.807, 2.05) is 0 Å². The molecule has 0 spiro atoms. The molecular formula is C12H21NO4. The fraction of sp³-hybridized carbons (Fsp3) is 0.833. The molecule has 0 heterocycles. The molecule has 17 heavy (non-hydrogen) atoms. The number of carbonyl (C=O) groups excluding carboxylic acids is 2. The van der Waals surface area contributed by atoms with Gasteiger partial charge in [-0.05, 0) is 12.8 Å². The average molecular weight is 243 g/mol. The monoisotopic (exact) mass is 243 g/mol. The standard InChI is InChI=1S/C12H21NO4/c1-16-8-3-9-17-11(14)6-7-13-12(15)10-4-2-5-10/h10H,2-9H2,1H3,(H,13,15). The quantitative estimate of drug-likeness (QED) is 0.507. The van der Waals surface area contributed by atoms with Crippen LogP contribution in [-0.2, 0) is 19.1 Å². The Bertz CT molecular complexity index is 251. The number of amides is 1. The Hall–Kier alpha value is -1.10. The predicted molar refractivity (Wildman–Crippen MR) is 62.4 cm³/mol. The molecule has 0 bridgehead atoms. The molecule has 0 aromatic carbocycles. The molecule has 0 atom stereocenters. The lowest BCUT2D eigenvalue weighted by Gasteiger charge is -2.23. The van der Waals surface area contributed by atoms with E-state index in [9.17, 15) is 9.59 Å². The van der Waals surface area contributed by atoms with Crippen molar-refractivity contribution >= 4 is 11.9 Å². The lowest BCUT2D eigenvalue weighted by atomic mass is 9.85. The Labute approximate surface area is 102 Å². The van der Waals surface area contributed by atoms with Gasteiger partial charge in [0.1, 0.15) is 0 Å². The Morgan fingerprint density at radius 1 is 1.29 bits per heavy atom. The first-order chi connectivity index (χ1) is 8.24. The van der Waals surface area contributed by atoms with Gasteiger partial charge in [-0.1, -0.05) is 6.42 Å². The normalized spacial score (nSPS) is 15.1. The van der Waals surface area contributed by atoms with Gasteiger partial charge >= 0.3 is 5.97 Å². The molecule has 1 rings (SSSR count). The summed E-state index contributed by atoms with van der Waals surface area (Å²) in [6.07, 6.45) is 4.04. The van der Waals surface area contributed by atoms with E-state index in [1.54, 1.807) is 7.11 Å². The Morgan fingerprint density at radius 3 is 2.65 bits per heavy atom. The molecule has 0 aromatic rings. The van der Waals surface area contributed by atoms with Crippen LogP contribution in [0.2, 0.25) is 0 Å². The fourth-order valence-corrected chi connectivity index (χ4v) is 1.56.